The Labute approximate surface area is 148 Å². The molecule has 1 aromatic carbocycles. The van der Waals surface area contributed by atoms with Crippen LogP contribution in [0, 0.1) is 12.8 Å². The number of hydrogen-bond donors (Lipinski definition) is 1. The quantitative estimate of drug-likeness (QED) is 0.905. The number of rotatable bonds is 5. The maximum atomic E-state index is 12.5. The zero-order valence-corrected chi connectivity index (χ0v) is 14.7. The van der Waals surface area contributed by atoms with Crippen LogP contribution >= 0.6 is 0 Å². The van der Waals surface area contributed by atoms with Crippen molar-refractivity contribution in [3.8, 4) is 5.75 Å². The third-order valence-corrected chi connectivity index (χ3v) is 4.48. The van der Waals surface area contributed by atoms with Crippen molar-refractivity contribution in [1.82, 2.24) is 15.3 Å². The van der Waals surface area contributed by atoms with E-state index in [4.69, 9.17) is 4.74 Å². The van der Waals surface area contributed by atoms with Gasteiger partial charge in [0.1, 0.15) is 5.75 Å². The highest BCUT2D eigenvalue weighted by molar-refractivity contribution is 5.79. The van der Waals surface area contributed by atoms with Crippen LogP contribution in [0.25, 0.3) is 0 Å². The molecule has 6 heteroatoms. The van der Waals surface area contributed by atoms with E-state index in [1.165, 1.54) is 0 Å². The molecule has 0 saturated carbocycles. The predicted molar refractivity (Wildman–Crippen MR) is 96.5 cm³/mol. The van der Waals surface area contributed by atoms with Gasteiger partial charge in [0.25, 0.3) is 0 Å². The number of hydrogen-bond acceptors (Lipinski definition) is 5. The molecule has 1 aliphatic rings. The summed E-state index contributed by atoms with van der Waals surface area (Å²) in [6, 6.07) is 9.62. The monoisotopic (exact) mass is 340 g/mol. The molecule has 3 rings (SSSR count). The van der Waals surface area contributed by atoms with E-state index in [1.54, 1.807) is 13.3 Å². The number of aryl methyl sites for hydroxylation is 1. The van der Waals surface area contributed by atoms with Gasteiger partial charge in [-0.05, 0) is 43.5 Å². The Bertz CT molecular complexity index is 718. The molecule has 0 spiro atoms. The van der Waals surface area contributed by atoms with Crippen molar-refractivity contribution in [2.75, 3.05) is 25.1 Å². The van der Waals surface area contributed by atoms with Crippen LogP contribution in [0.2, 0.25) is 0 Å². The van der Waals surface area contributed by atoms with E-state index < -0.39 is 0 Å². The second-order valence-electron chi connectivity index (χ2n) is 6.35. The average molecular weight is 340 g/mol. The van der Waals surface area contributed by atoms with Gasteiger partial charge in [0.15, 0.2) is 0 Å². The summed E-state index contributed by atoms with van der Waals surface area (Å²) in [5.74, 6) is 1.59. The number of anilines is 1. The molecule has 0 aliphatic carbocycles. The number of piperidine rings is 1. The number of amides is 1. The van der Waals surface area contributed by atoms with E-state index in [1.807, 2.05) is 37.3 Å². The summed E-state index contributed by atoms with van der Waals surface area (Å²) in [7, 11) is 1.64. The second kappa shape index (κ2) is 7.96. The summed E-state index contributed by atoms with van der Waals surface area (Å²) in [6.07, 6.45) is 3.64. The normalized spacial score (nSPS) is 17.2. The Morgan fingerprint density at radius 3 is 2.84 bits per heavy atom. The van der Waals surface area contributed by atoms with Crippen molar-refractivity contribution in [3.63, 3.8) is 0 Å². The first-order valence-electron chi connectivity index (χ1n) is 8.61. The van der Waals surface area contributed by atoms with Gasteiger partial charge in [0, 0.05) is 31.5 Å². The lowest BCUT2D eigenvalue weighted by molar-refractivity contribution is -0.125. The van der Waals surface area contributed by atoms with Crippen LogP contribution in [0.15, 0.2) is 36.5 Å². The fraction of sp³-hybridized carbons (Fsp3) is 0.421. The SMILES string of the molecule is COc1ccc(CNC(=O)[C@@H]2CCCN(c3nccc(C)n3)C2)cc1. The van der Waals surface area contributed by atoms with Crippen molar-refractivity contribution in [2.45, 2.75) is 26.3 Å². The van der Waals surface area contributed by atoms with Gasteiger partial charge in [-0.3, -0.25) is 4.79 Å². The lowest BCUT2D eigenvalue weighted by Gasteiger charge is -2.32. The molecule has 132 valence electrons. The van der Waals surface area contributed by atoms with Gasteiger partial charge < -0.3 is 15.0 Å². The minimum absolute atomic E-state index is 0.0314. The summed E-state index contributed by atoms with van der Waals surface area (Å²) in [6.45, 7) is 4.04. The average Bonchev–Trinajstić information content (AvgIpc) is 2.66. The van der Waals surface area contributed by atoms with Gasteiger partial charge >= 0.3 is 0 Å². The van der Waals surface area contributed by atoms with E-state index in [9.17, 15) is 4.79 Å². The number of nitrogens with one attached hydrogen (secondary N) is 1. The van der Waals surface area contributed by atoms with Crippen molar-refractivity contribution < 1.29 is 9.53 Å². The number of ether oxygens (including phenoxy) is 1. The van der Waals surface area contributed by atoms with Crippen molar-refractivity contribution in [2.24, 2.45) is 5.92 Å². The zero-order chi connectivity index (χ0) is 17.6. The number of nitrogens with zero attached hydrogens (tertiary/aromatic N) is 3. The Kier molecular flexibility index (Phi) is 5.48. The molecule has 1 aromatic heterocycles. The maximum Gasteiger partial charge on any atom is 0.225 e. The summed E-state index contributed by atoms with van der Waals surface area (Å²) in [5, 5.41) is 3.04. The summed E-state index contributed by atoms with van der Waals surface area (Å²) >= 11 is 0. The van der Waals surface area contributed by atoms with Gasteiger partial charge in [0.05, 0.1) is 13.0 Å². The first-order chi connectivity index (χ1) is 12.2. The molecule has 1 N–H and O–H groups in total. The fourth-order valence-corrected chi connectivity index (χ4v) is 3.04. The van der Waals surface area contributed by atoms with Crippen molar-refractivity contribution in [1.29, 1.82) is 0 Å². The van der Waals surface area contributed by atoms with Gasteiger partial charge in [-0.25, -0.2) is 9.97 Å². The Morgan fingerprint density at radius 2 is 2.12 bits per heavy atom. The number of benzene rings is 1. The number of aromatic nitrogens is 2. The molecule has 0 unspecified atom stereocenters. The number of methoxy groups -OCH3 is 1. The van der Waals surface area contributed by atoms with Gasteiger partial charge in [0.2, 0.25) is 11.9 Å². The number of carbonyl (C=O) groups is 1. The minimum atomic E-state index is -0.0314. The molecular formula is C19H24N4O2. The van der Waals surface area contributed by atoms with Crippen LogP contribution in [0.4, 0.5) is 5.95 Å². The second-order valence-corrected chi connectivity index (χ2v) is 6.35. The molecule has 1 aliphatic heterocycles. The van der Waals surface area contributed by atoms with E-state index in [-0.39, 0.29) is 11.8 Å². The Morgan fingerprint density at radius 1 is 1.32 bits per heavy atom. The molecular weight excluding hydrogens is 316 g/mol. The molecule has 6 nitrogen and oxygen atoms in total. The zero-order valence-electron chi connectivity index (χ0n) is 14.7. The van der Waals surface area contributed by atoms with Crippen molar-refractivity contribution in [3.05, 3.63) is 47.8 Å². The highest BCUT2D eigenvalue weighted by atomic mass is 16.5. The summed E-state index contributed by atoms with van der Waals surface area (Å²) in [4.78, 5) is 23.5. The molecule has 1 amide bonds. The van der Waals surface area contributed by atoms with Crippen LogP contribution in [-0.4, -0.2) is 36.1 Å². The smallest absolute Gasteiger partial charge is 0.225 e. The lowest BCUT2D eigenvalue weighted by atomic mass is 9.97. The van der Waals surface area contributed by atoms with E-state index >= 15 is 0 Å². The molecule has 1 saturated heterocycles. The van der Waals surface area contributed by atoms with Crippen LogP contribution in [0.3, 0.4) is 0 Å². The van der Waals surface area contributed by atoms with Gasteiger partial charge in [-0.2, -0.15) is 0 Å². The summed E-state index contributed by atoms with van der Waals surface area (Å²) in [5.41, 5.74) is 2.00. The first kappa shape index (κ1) is 17.2. The van der Waals surface area contributed by atoms with E-state index in [2.05, 4.69) is 20.2 Å². The fourth-order valence-electron chi connectivity index (χ4n) is 3.04. The van der Waals surface area contributed by atoms with Gasteiger partial charge in [-0.15, -0.1) is 0 Å². The maximum absolute atomic E-state index is 12.5. The molecule has 0 radical (unpaired) electrons. The topological polar surface area (TPSA) is 67.3 Å². The highest BCUT2D eigenvalue weighted by Gasteiger charge is 2.26. The van der Waals surface area contributed by atoms with Crippen LogP contribution in [0.1, 0.15) is 24.1 Å². The Balaban J connectivity index is 1.56. The van der Waals surface area contributed by atoms with Crippen LogP contribution in [-0.2, 0) is 11.3 Å². The molecule has 2 heterocycles. The minimum Gasteiger partial charge on any atom is -0.497 e. The van der Waals surface area contributed by atoms with Crippen molar-refractivity contribution >= 4 is 11.9 Å². The Hall–Kier alpha value is -2.63. The van der Waals surface area contributed by atoms with Crippen LogP contribution < -0.4 is 15.0 Å². The molecule has 0 bridgehead atoms. The van der Waals surface area contributed by atoms with E-state index in [0.29, 0.717) is 19.0 Å². The van der Waals surface area contributed by atoms with Gasteiger partial charge in [-0.1, -0.05) is 12.1 Å². The number of carbonyl (C=O) groups excluding carboxylic acids is 1. The first-order valence-corrected chi connectivity index (χ1v) is 8.61. The molecule has 1 atom stereocenters. The summed E-state index contributed by atoms with van der Waals surface area (Å²) < 4.78 is 5.15. The highest BCUT2D eigenvalue weighted by Crippen LogP contribution is 2.21. The third-order valence-electron chi connectivity index (χ3n) is 4.48. The van der Waals surface area contributed by atoms with E-state index in [0.717, 1.165) is 36.4 Å². The molecule has 2 aromatic rings. The lowest BCUT2D eigenvalue weighted by Crippen LogP contribution is -2.43. The third kappa shape index (κ3) is 4.47. The van der Waals surface area contributed by atoms with Crippen LogP contribution in [0.5, 0.6) is 5.75 Å². The molecule has 25 heavy (non-hydrogen) atoms. The molecule has 1 fully saturated rings. The predicted octanol–water partition coefficient (Wildman–Crippen LogP) is 2.33. The standard InChI is InChI=1S/C19H24N4O2/c1-14-9-10-20-19(22-14)23-11-3-4-16(13-23)18(24)21-12-15-5-7-17(25-2)8-6-15/h5-10,16H,3-4,11-13H2,1-2H3,(H,21,24)/t16-/m1/s1. The largest absolute Gasteiger partial charge is 0.497 e.